The van der Waals surface area contributed by atoms with Crippen LogP contribution in [0.3, 0.4) is 0 Å². The van der Waals surface area contributed by atoms with Gasteiger partial charge in [0.15, 0.2) is 6.04 Å². The summed E-state index contributed by atoms with van der Waals surface area (Å²) in [5.41, 5.74) is 23.1. The second-order valence-corrected chi connectivity index (χ2v) is 23.5. The molecule has 498 valence electrons. The number of para-hydroxylation sites is 1. The number of nitrogens with two attached hydrogens (primary N) is 4. The fraction of sp³-hybridized carbons (Fsp3) is 0.607. The molecule has 2 aliphatic rings. The van der Waals surface area contributed by atoms with E-state index in [1.807, 2.05) is 0 Å². The zero-order valence-electron chi connectivity index (χ0n) is 50.5. The number of rotatable bonds is 37. The first-order chi connectivity index (χ1) is 42.5. The van der Waals surface area contributed by atoms with Crippen molar-refractivity contribution in [2.24, 2.45) is 28.9 Å². The average Bonchev–Trinajstić information content (AvgIpc) is 1.83. The van der Waals surface area contributed by atoms with Crippen molar-refractivity contribution in [3.63, 3.8) is 0 Å². The Balaban J connectivity index is 1.50. The minimum Gasteiger partial charge on any atom is -0.480 e. The van der Waals surface area contributed by atoms with Gasteiger partial charge >= 0.3 is 5.97 Å². The molecule has 12 atom stereocenters. The first kappa shape index (κ1) is 74.0. The summed E-state index contributed by atoms with van der Waals surface area (Å²) in [6.45, 7) is 2.36. The summed E-state index contributed by atoms with van der Waals surface area (Å²) >= 11 is 1.36. The molecule has 0 spiro atoms. The van der Waals surface area contributed by atoms with Gasteiger partial charge < -0.3 is 101 Å². The molecule has 34 heteroatoms. The highest BCUT2D eigenvalue weighted by Gasteiger charge is 2.45. The lowest BCUT2D eigenvalue weighted by Crippen LogP contribution is -2.62. The van der Waals surface area contributed by atoms with Crippen LogP contribution in [0.25, 0.3) is 10.9 Å². The van der Waals surface area contributed by atoms with E-state index in [0.29, 0.717) is 28.6 Å². The van der Waals surface area contributed by atoms with E-state index in [1.54, 1.807) is 50.6 Å². The van der Waals surface area contributed by atoms with Gasteiger partial charge in [-0.05, 0) is 87.8 Å². The number of thioether (sulfide) groups is 1. The topological polar surface area (TPSA) is 542 Å². The number of carboxylic acids is 1. The predicted molar refractivity (Wildman–Crippen MR) is 322 cm³/mol. The molecule has 2 aliphatic heterocycles. The summed E-state index contributed by atoms with van der Waals surface area (Å²) in [7, 11) is 0. The second-order valence-electron chi connectivity index (χ2n) is 22.5. The Morgan fingerprint density at radius 3 is 1.67 bits per heavy atom. The molecule has 4 rings (SSSR count). The molecule has 2 fully saturated rings. The molecule has 0 aliphatic carbocycles. The maximum atomic E-state index is 14.5. The van der Waals surface area contributed by atoms with Gasteiger partial charge in [0.2, 0.25) is 76.8 Å². The fourth-order valence-corrected chi connectivity index (χ4v) is 10.7. The van der Waals surface area contributed by atoms with Gasteiger partial charge in [0, 0.05) is 49.5 Å². The highest BCUT2D eigenvalue weighted by atomic mass is 32.2. The van der Waals surface area contributed by atoms with Crippen LogP contribution in [0, 0.1) is 5.92 Å². The number of benzene rings is 1. The van der Waals surface area contributed by atoms with E-state index < -0.39 is 181 Å². The van der Waals surface area contributed by atoms with Crippen molar-refractivity contribution in [1.29, 1.82) is 0 Å². The first-order valence-corrected chi connectivity index (χ1v) is 30.7. The summed E-state index contributed by atoms with van der Waals surface area (Å²) in [6, 6.07) is -9.87. The largest absolute Gasteiger partial charge is 0.480 e. The minimum absolute atomic E-state index is 0.0473. The molecule has 1 aromatic carbocycles. The number of aliphatic hydroxyl groups excluding tert-OH is 3. The number of hydrogen-bond donors (Lipinski definition) is 17. The standard InChI is InChI=1S/C56H85N15O18S/c1-27(2)21-35(50(82)69-45(28(3)74)56(88)89)64-48(80)34(17-20-90-4)63-53(85)40-11-7-18-70(40)55(87)41-12-8-19-71(41)54(86)37(23-44(60)77)66-51(83)38(25-72)68-52(84)39(26-73)67-49(81)36(22-29-24-61-32-10-6-5-9-30(29)32)65-47(79)33(14-16-43(59)76)62-46(78)31(57)13-15-42(58)75/h5-6,9-10,24,27-28,31,33-41,45,61,72-74H,7-8,11-23,25-26,57H2,1-4H3,(H2,58,75)(H2,59,76)(H2,60,77)(H,62,78)(H,63,85)(H,64,80)(H,65,79)(H,66,83)(H,67,81)(H,68,84)(H,69,82)(H,88,89)/t28-,31+,33+,34+,35+,36+,37+,38+,39+,40+,41+,45+/m1/s1. The smallest absolute Gasteiger partial charge is 0.328 e. The molecule has 90 heavy (non-hydrogen) atoms. The summed E-state index contributed by atoms with van der Waals surface area (Å²) in [6.07, 6.45) is 0.313. The van der Waals surface area contributed by atoms with Crippen molar-refractivity contribution >= 4 is 105 Å². The van der Waals surface area contributed by atoms with Crippen LogP contribution in [0.2, 0.25) is 0 Å². The van der Waals surface area contributed by atoms with E-state index in [-0.39, 0.29) is 76.8 Å². The normalized spacial score (nSPS) is 18.0. The van der Waals surface area contributed by atoms with Crippen LogP contribution in [-0.2, 0) is 73.5 Å². The number of amides is 13. The number of carbonyl (C=O) groups is 14. The average molecular weight is 1290 g/mol. The number of fused-ring (bicyclic) bond motifs is 1. The molecule has 0 saturated carbocycles. The van der Waals surface area contributed by atoms with Crippen LogP contribution in [0.5, 0.6) is 0 Å². The third kappa shape index (κ3) is 21.9. The van der Waals surface area contributed by atoms with Gasteiger partial charge in [-0.2, -0.15) is 11.8 Å². The maximum absolute atomic E-state index is 14.5. The van der Waals surface area contributed by atoms with Crippen LogP contribution in [0.15, 0.2) is 30.5 Å². The molecule has 2 saturated heterocycles. The van der Waals surface area contributed by atoms with E-state index in [2.05, 4.69) is 47.5 Å². The maximum Gasteiger partial charge on any atom is 0.328 e. The van der Waals surface area contributed by atoms with E-state index >= 15 is 0 Å². The van der Waals surface area contributed by atoms with Gasteiger partial charge in [-0.3, -0.25) is 62.3 Å². The Hall–Kier alpha value is -8.47. The van der Waals surface area contributed by atoms with Crippen molar-refractivity contribution in [1.82, 2.24) is 57.3 Å². The van der Waals surface area contributed by atoms with E-state index in [9.17, 15) is 87.5 Å². The van der Waals surface area contributed by atoms with Crippen molar-refractivity contribution in [2.75, 3.05) is 38.3 Å². The second kappa shape index (κ2) is 35.7. The quantitative estimate of drug-likeness (QED) is 0.0299. The van der Waals surface area contributed by atoms with Gasteiger partial charge in [0.05, 0.1) is 31.8 Å². The fourth-order valence-electron chi connectivity index (χ4n) is 10.2. The molecule has 2 aromatic rings. The van der Waals surface area contributed by atoms with Gasteiger partial charge in [0.25, 0.3) is 0 Å². The SMILES string of the molecule is CSCC[C@H](NC(=O)[C@@H]1CCCN1C(=O)[C@@H]1CCCN1C(=O)[C@H](CC(N)=O)NC(=O)[C@H](CO)NC(=O)[C@H](CO)NC(=O)[C@H](Cc1c[nH]c2ccccc12)NC(=O)[C@H](CCC(N)=O)NC(=O)[C@@H](N)CCC(N)=O)C(=O)N[C@@H](CC(C)C)C(=O)N[C@H](C(=O)O)[C@@H](C)O. The third-order valence-electron chi connectivity index (χ3n) is 15.0. The number of aromatic amines is 1. The monoisotopic (exact) mass is 1290 g/mol. The predicted octanol–water partition coefficient (Wildman–Crippen LogP) is -6.45. The summed E-state index contributed by atoms with van der Waals surface area (Å²) < 4.78 is 0. The highest BCUT2D eigenvalue weighted by Crippen LogP contribution is 2.27. The van der Waals surface area contributed by atoms with Crippen LogP contribution in [0.4, 0.5) is 0 Å². The van der Waals surface area contributed by atoms with Crippen LogP contribution in [-0.4, -0.2) is 229 Å². The molecule has 3 heterocycles. The molecule has 1 aromatic heterocycles. The van der Waals surface area contributed by atoms with Crippen LogP contribution >= 0.6 is 11.8 Å². The number of aliphatic hydroxyl groups is 3. The van der Waals surface area contributed by atoms with Crippen LogP contribution in [0.1, 0.15) is 97.0 Å². The lowest BCUT2D eigenvalue weighted by Gasteiger charge is -2.33. The first-order valence-electron chi connectivity index (χ1n) is 29.3. The number of aromatic nitrogens is 1. The Bertz CT molecular complexity index is 2930. The Labute approximate surface area is 522 Å². The Morgan fingerprint density at radius 2 is 1.11 bits per heavy atom. The number of aliphatic carboxylic acids is 1. The Morgan fingerprint density at radius 1 is 0.611 bits per heavy atom. The van der Waals surface area contributed by atoms with Crippen molar-refractivity contribution in [3.8, 4) is 0 Å². The number of nitrogens with one attached hydrogen (secondary N) is 9. The lowest BCUT2D eigenvalue weighted by molar-refractivity contribution is -0.148. The van der Waals surface area contributed by atoms with Gasteiger partial charge in [-0.1, -0.05) is 32.0 Å². The summed E-state index contributed by atoms with van der Waals surface area (Å²) in [5.74, 6) is -13.7. The minimum atomic E-state index is -1.95. The van der Waals surface area contributed by atoms with Gasteiger partial charge in [-0.25, -0.2) is 4.79 Å². The number of nitrogens with zero attached hydrogens (tertiary/aromatic N) is 2. The molecule has 0 unspecified atom stereocenters. The molecule has 13 amide bonds. The highest BCUT2D eigenvalue weighted by molar-refractivity contribution is 7.98. The molecular weight excluding hydrogens is 1200 g/mol. The number of carboxylic acid groups (broad SMARTS) is 1. The van der Waals surface area contributed by atoms with Gasteiger partial charge in [-0.15, -0.1) is 0 Å². The summed E-state index contributed by atoms with van der Waals surface area (Å²) in [4.78, 5) is 192. The van der Waals surface area contributed by atoms with Crippen molar-refractivity contribution in [3.05, 3.63) is 36.0 Å². The van der Waals surface area contributed by atoms with Crippen molar-refractivity contribution in [2.45, 2.75) is 170 Å². The zero-order valence-corrected chi connectivity index (χ0v) is 51.3. The van der Waals surface area contributed by atoms with Crippen LogP contribution < -0.4 is 65.5 Å². The lowest BCUT2D eigenvalue weighted by atomic mass is 10.0. The number of carbonyl (C=O) groups excluding carboxylic acids is 13. The molecule has 0 bridgehead atoms. The third-order valence-corrected chi connectivity index (χ3v) is 15.7. The number of likely N-dealkylation sites (tertiary alicyclic amines) is 2. The number of H-pyrrole nitrogens is 1. The Kier molecular flexibility index (Phi) is 29.3. The number of hydrogen-bond acceptors (Lipinski definition) is 19. The number of primary amides is 3. The van der Waals surface area contributed by atoms with Gasteiger partial charge in [0.1, 0.15) is 54.4 Å². The van der Waals surface area contributed by atoms with Crippen molar-refractivity contribution < 1.29 is 87.5 Å². The van der Waals surface area contributed by atoms with E-state index in [4.69, 9.17) is 22.9 Å². The molecule has 0 radical (unpaired) electrons. The van der Waals surface area contributed by atoms with E-state index in [1.165, 1.54) is 23.6 Å². The zero-order chi connectivity index (χ0) is 67.1. The van der Waals surface area contributed by atoms with E-state index in [0.717, 1.165) is 4.90 Å². The summed E-state index contributed by atoms with van der Waals surface area (Å²) in [5, 5.41) is 60.2. The molecule has 33 nitrogen and oxygen atoms in total. The molecular formula is C56H85N15O18S. The molecule has 21 N–H and O–H groups in total.